The third kappa shape index (κ3) is 3.46. The van der Waals surface area contributed by atoms with E-state index in [1.54, 1.807) is 12.1 Å². The van der Waals surface area contributed by atoms with Crippen LogP contribution >= 0.6 is 0 Å². The van der Waals surface area contributed by atoms with Crippen molar-refractivity contribution in [2.75, 3.05) is 11.9 Å². The number of carbonyl (C=O) groups is 2. The molecule has 1 aliphatic rings. The first-order chi connectivity index (χ1) is 13.6. The Morgan fingerprint density at radius 1 is 1.29 bits per heavy atom. The number of phenols is 1. The van der Waals surface area contributed by atoms with Crippen LogP contribution in [0.15, 0.2) is 41.1 Å². The van der Waals surface area contributed by atoms with E-state index < -0.39 is 5.91 Å². The van der Waals surface area contributed by atoms with Crippen LogP contribution < -0.4 is 10.6 Å². The predicted octanol–water partition coefficient (Wildman–Crippen LogP) is 2.95. The van der Waals surface area contributed by atoms with Crippen molar-refractivity contribution in [2.45, 2.75) is 25.7 Å². The molecule has 2 aromatic heterocycles. The second kappa shape index (κ2) is 7.18. The summed E-state index contributed by atoms with van der Waals surface area (Å²) in [6, 6.07) is 7.59. The number of rotatable bonds is 5. The summed E-state index contributed by atoms with van der Waals surface area (Å²) < 4.78 is 6.19. The van der Waals surface area contributed by atoms with Crippen molar-refractivity contribution in [3.63, 3.8) is 0 Å². The van der Waals surface area contributed by atoms with Crippen molar-refractivity contribution < 1.29 is 19.2 Å². The lowest BCUT2D eigenvalue weighted by Gasteiger charge is -2.07. The molecule has 1 aliphatic carbocycles. The SMILES string of the molecule is CCNC(=O)n1nc(-c2cc(NC(=O)c3ccno3)ccc2O)cc1C1CC1. The average Bonchev–Trinajstić information content (AvgIpc) is 3.20. The lowest BCUT2D eigenvalue weighted by Crippen LogP contribution is -2.30. The van der Waals surface area contributed by atoms with Gasteiger partial charge in [0.05, 0.1) is 17.6 Å². The molecule has 1 aromatic carbocycles. The lowest BCUT2D eigenvalue weighted by molar-refractivity contribution is 0.0988. The van der Waals surface area contributed by atoms with Gasteiger partial charge in [-0.15, -0.1) is 0 Å². The molecule has 28 heavy (non-hydrogen) atoms. The van der Waals surface area contributed by atoms with E-state index in [1.807, 2.05) is 13.0 Å². The van der Waals surface area contributed by atoms with E-state index in [1.165, 1.54) is 23.0 Å². The molecule has 2 heterocycles. The minimum atomic E-state index is -0.458. The van der Waals surface area contributed by atoms with Gasteiger partial charge in [0.1, 0.15) is 5.75 Å². The Bertz CT molecular complexity index is 1020. The largest absolute Gasteiger partial charge is 0.507 e. The highest BCUT2D eigenvalue weighted by molar-refractivity contribution is 6.02. The van der Waals surface area contributed by atoms with Gasteiger partial charge in [0.15, 0.2) is 0 Å². The number of nitrogens with zero attached hydrogens (tertiary/aromatic N) is 3. The highest BCUT2D eigenvalue weighted by Crippen LogP contribution is 2.42. The molecule has 0 radical (unpaired) electrons. The first-order valence-electron chi connectivity index (χ1n) is 9.00. The molecule has 0 aliphatic heterocycles. The zero-order chi connectivity index (χ0) is 19.7. The van der Waals surface area contributed by atoms with Crippen LogP contribution in [0.1, 0.15) is 41.9 Å². The fourth-order valence-electron chi connectivity index (χ4n) is 2.93. The minimum Gasteiger partial charge on any atom is -0.507 e. The quantitative estimate of drug-likeness (QED) is 0.584. The van der Waals surface area contributed by atoms with Gasteiger partial charge in [-0.25, -0.2) is 4.79 Å². The second-order valence-corrected chi connectivity index (χ2v) is 6.54. The first-order valence-corrected chi connectivity index (χ1v) is 9.00. The number of benzene rings is 1. The molecule has 144 valence electrons. The van der Waals surface area contributed by atoms with E-state index in [-0.39, 0.29) is 17.5 Å². The van der Waals surface area contributed by atoms with Gasteiger partial charge in [0.2, 0.25) is 5.76 Å². The van der Waals surface area contributed by atoms with Crippen molar-refractivity contribution in [1.29, 1.82) is 0 Å². The van der Waals surface area contributed by atoms with Gasteiger partial charge < -0.3 is 20.3 Å². The zero-order valence-electron chi connectivity index (χ0n) is 15.2. The molecule has 9 heteroatoms. The molecule has 0 unspecified atom stereocenters. The summed E-state index contributed by atoms with van der Waals surface area (Å²) in [5.74, 6) is -0.0901. The van der Waals surface area contributed by atoms with Crippen LogP contribution in [0.4, 0.5) is 10.5 Å². The fraction of sp³-hybridized carbons (Fsp3) is 0.263. The summed E-state index contributed by atoms with van der Waals surface area (Å²) in [5.41, 5.74) is 2.15. The first kappa shape index (κ1) is 17.8. The molecule has 9 nitrogen and oxygen atoms in total. The van der Waals surface area contributed by atoms with Crippen molar-refractivity contribution in [3.05, 3.63) is 48.0 Å². The molecular formula is C19H19N5O4. The van der Waals surface area contributed by atoms with E-state index in [9.17, 15) is 14.7 Å². The van der Waals surface area contributed by atoms with Crippen LogP contribution in [-0.2, 0) is 0 Å². The van der Waals surface area contributed by atoms with E-state index in [0.717, 1.165) is 18.5 Å². The summed E-state index contributed by atoms with van der Waals surface area (Å²) in [5, 5.41) is 23.6. The number of aromatic nitrogens is 3. The second-order valence-electron chi connectivity index (χ2n) is 6.54. The molecule has 3 N–H and O–H groups in total. The molecule has 0 spiro atoms. The minimum absolute atomic E-state index is 0.000519. The molecule has 4 rings (SSSR count). The number of anilines is 1. The summed E-state index contributed by atoms with van der Waals surface area (Å²) in [6.45, 7) is 2.33. The Balaban J connectivity index is 1.66. The number of amides is 2. The normalized spacial score (nSPS) is 13.3. The van der Waals surface area contributed by atoms with Crippen molar-refractivity contribution >= 4 is 17.6 Å². The smallest absolute Gasteiger partial charge is 0.342 e. The molecular weight excluding hydrogens is 362 g/mol. The zero-order valence-corrected chi connectivity index (χ0v) is 15.2. The molecule has 1 saturated carbocycles. The van der Waals surface area contributed by atoms with Gasteiger partial charge in [-0.3, -0.25) is 4.79 Å². The van der Waals surface area contributed by atoms with Crippen LogP contribution in [-0.4, -0.2) is 38.5 Å². The van der Waals surface area contributed by atoms with Gasteiger partial charge in [0, 0.05) is 29.8 Å². The van der Waals surface area contributed by atoms with Crippen molar-refractivity contribution in [1.82, 2.24) is 20.3 Å². The Labute approximate surface area is 160 Å². The van der Waals surface area contributed by atoms with Gasteiger partial charge >= 0.3 is 6.03 Å². The Hall–Kier alpha value is -3.62. The molecule has 0 saturated heterocycles. The predicted molar refractivity (Wildman–Crippen MR) is 100 cm³/mol. The maximum Gasteiger partial charge on any atom is 0.342 e. The topological polar surface area (TPSA) is 122 Å². The molecule has 1 fully saturated rings. The van der Waals surface area contributed by atoms with Gasteiger partial charge in [-0.2, -0.15) is 9.78 Å². The van der Waals surface area contributed by atoms with Crippen molar-refractivity contribution in [3.8, 4) is 17.0 Å². The van der Waals surface area contributed by atoms with E-state index in [2.05, 4.69) is 20.9 Å². The standard InChI is InChI=1S/C19H19N5O4/c1-2-20-19(27)24-15(11-3-4-11)10-14(23-24)13-9-12(5-6-16(13)25)22-18(26)17-7-8-21-28-17/h5-11,25H,2-4H2,1H3,(H,20,27)(H,22,26). The van der Waals surface area contributed by atoms with Crippen molar-refractivity contribution in [2.24, 2.45) is 0 Å². The van der Waals surface area contributed by atoms with Gasteiger partial charge in [-0.1, -0.05) is 5.16 Å². The summed E-state index contributed by atoms with van der Waals surface area (Å²) >= 11 is 0. The highest BCUT2D eigenvalue weighted by atomic mass is 16.5. The number of nitrogens with one attached hydrogen (secondary N) is 2. The van der Waals surface area contributed by atoms with Crippen LogP contribution in [0, 0.1) is 0 Å². The van der Waals surface area contributed by atoms with E-state index in [0.29, 0.717) is 29.4 Å². The summed E-state index contributed by atoms with van der Waals surface area (Å²) in [7, 11) is 0. The fourth-order valence-corrected chi connectivity index (χ4v) is 2.93. The molecule has 0 bridgehead atoms. The van der Waals surface area contributed by atoms with Crippen LogP contribution in [0.5, 0.6) is 5.75 Å². The molecule has 2 amide bonds. The monoisotopic (exact) mass is 381 g/mol. The Morgan fingerprint density at radius 2 is 2.11 bits per heavy atom. The third-order valence-electron chi connectivity index (χ3n) is 4.44. The van der Waals surface area contributed by atoms with E-state index in [4.69, 9.17) is 4.52 Å². The summed E-state index contributed by atoms with van der Waals surface area (Å²) in [6.07, 6.45) is 3.39. The average molecular weight is 381 g/mol. The van der Waals surface area contributed by atoms with Crippen LogP contribution in [0.25, 0.3) is 11.3 Å². The van der Waals surface area contributed by atoms with Crippen LogP contribution in [0.3, 0.4) is 0 Å². The van der Waals surface area contributed by atoms with Gasteiger partial charge in [0.25, 0.3) is 5.91 Å². The number of hydrogen-bond acceptors (Lipinski definition) is 6. The Kier molecular flexibility index (Phi) is 4.56. The molecule has 3 aromatic rings. The van der Waals surface area contributed by atoms with Gasteiger partial charge in [-0.05, 0) is 44.0 Å². The number of hydrogen-bond donors (Lipinski definition) is 3. The van der Waals surface area contributed by atoms with Crippen LogP contribution in [0.2, 0.25) is 0 Å². The number of aromatic hydroxyl groups is 1. The third-order valence-corrected chi connectivity index (χ3v) is 4.44. The number of carbonyl (C=O) groups excluding carboxylic acids is 2. The maximum atomic E-state index is 12.3. The highest BCUT2D eigenvalue weighted by Gasteiger charge is 2.30. The number of phenolic OH excluding ortho intramolecular Hbond substituents is 1. The Morgan fingerprint density at radius 3 is 2.79 bits per heavy atom. The van der Waals surface area contributed by atoms with E-state index >= 15 is 0 Å². The maximum absolute atomic E-state index is 12.3. The summed E-state index contributed by atoms with van der Waals surface area (Å²) in [4.78, 5) is 24.5. The lowest BCUT2D eigenvalue weighted by atomic mass is 10.1. The molecule has 0 atom stereocenters.